The van der Waals surface area contributed by atoms with Gasteiger partial charge in [-0.15, -0.1) is 0 Å². The number of rotatable bonds is 7. The lowest BCUT2D eigenvalue weighted by atomic mass is 9.85. The average molecular weight is 795 g/mol. The zero-order valence-corrected chi connectivity index (χ0v) is 33.6. The molecular formula is C57H38N4O. The molecule has 0 N–H and O–H groups in total. The summed E-state index contributed by atoms with van der Waals surface area (Å²) >= 11 is 0. The highest BCUT2D eigenvalue weighted by Crippen LogP contribution is 2.55. The Kier molecular flexibility index (Phi) is 8.56. The molecule has 292 valence electrons. The Morgan fingerprint density at radius 1 is 0.403 bits per heavy atom. The van der Waals surface area contributed by atoms with Crippen molar-refractivity contribution in [1.29, 1.82) is 0 Å². The highest BCUT2D eigenvalue weighted by molar-refractivity contribution is 5.92. The number of hydrogen-bond donors (Lipinski definition) is 0. The summed E-state index contributed by atoms with van der Waals surface area (Å²) in [5.41, 5.74) is 15.5. The molecule has 12 rings (SSSR count). The van der Waals surface area contributed by atoms with Gasteiger partial charge < -0.3 is 9.30 Å². The van der Waals surface area contributed by atoms with E-state index in [9.17, 15) is 0 Å². The number of hydrogen-bond acceptors (Lipinski definition) is 4. The molecule has 0 radical (unpaired) electrons. The summed E-state index contributed by atoms with van der Waals surface area (Å²) in [5, 5.41) is 1.22. The molecule has 0 bridgehead atoms. The molecule has 0 saturated carbocycles. The average Bonchev–Trinajstić information content (AvgIpc) is 3.91. The molecule has 0 fully saturated rings. The van der Waals surface area contributed by atoms with Gasteiger partial charge in [0.05, 0.1) is 11.2 Å². The number of nitrogens with zero attached hydrogens (tertiary/aromatic N) is 4. The highest BCUT2D eigenvalue weighted by Gasteiger charge is 2.41. The van der Waals surface area contributed by atoms with Gasteiger partial charge in [-0.2, -0.15) is 0 Å². The van der Waals surface area contributed by atoms with Gasteiger partial charge in [-0.05, 0) is 52.1 Å². The first-order valence-corrected chi connectivity index (χ1v) is 21.1. The molecule has 62 heavy (non-hydrogen) atoms. The molecule has 3 heterocycles. The number of ether oxygens (including phenoxy) is 1. The molecule has 0 amide bonds. The van der Waals surface area contributed by atoms with Gasteiger partial charge in [0.2, 0.25) is 0 Å². The molecule has 5 heteroatoms. The van der Waals surface area contributed by atoms with Gasteiger partial charge in [-0.3, -0.25) is 0 Å². The third-order valence-electron chi connectivity index (χ3n) is 12.3. The minimum absolute atomic E-state index is 0.109. The highest BCUT2D eigenvalue weighted by atomic mass is 16.5. The van der Waals surface area contributed by atoms with Gasteiger partial charge >= 0.3 is 0 Å². The Balaban J connectivity index is 0.901. The first kappa shape index (κ1) is 35.8. The van der Waals surface area contributed by atoms with E-state index in [1.54, 1.807) is 0 Å². The molecule has 1 aliphatic carbocycles. The second-order valence-corrected chi connectivity index (χ2v) is 15.9. The Bertz CT molecular complexity index is 3180. The maximum Gasteiger partial charge on any atom is 0.164 e. The van der Waals surface area contributed by atoms with Crippen LogP contribution in [0.1, 0.15) is 28.8 Å². The molecule has 0 saturated heterocycles. The van der Waals surface area contributed by atoms with Crippen molar-refractivity contribution in [3.05, 3.63) is 229 Å². The summed E-state index contributed by atoms with van der Waals surface area (Å²) in [4.78, 5) is 15.2. The van der Waals surface area contributed by atoms with Gasteiger partial charge in [0.15, 0.2) is 17.5 Å². The summed E-state index contributed by atoms with van der Waals surface area (Å²) in [7, 11) is 0. The van der Waals surface area contributed by atoms with Gasteiger partial charge in [0.1, 0.15) is 11.9 Å². The Morgan fingerprint density at radius 3 is 1.44 bits per heavy atom. The van der Waals surface area contributed by atoms with Crippen LogP contribution in [-0.4, -0.2) is 19.5 Å². The minimum atomic E-state index is -0.133. The summed E-state index contributed by atoms with van der Waals surface area (Å²) < 4.78 is 9.46. The van der Waals surface area contributed by atoms with E-state index in [4.69, 9.17) is 19.7 Å². The second-order valence-electron chi connectivity index (χ2n) is 15.9. The third-order valence-corrected chi connectivity index (χ3v) is 12.3. The zero-order chi connectivity index (χ0) is 41.0. The first-order valence-electron chi connectivity index (χ1n) is 21.1. The lowest BCUT2D eigenvalue weighted by Gasteiger charge is -2.22. The molecule has 8 aromatic carbocycles. The molecule has 0 spiro atoms. The predicted octanol–water partition coefficient (Wildman–Crippen LogP) is 14.1. The third kappa shape index (κ3) is 6.13. The second kappa shape index (κ2) is 14.8. The van der Waals surface area contributed by atoms with Gasteiger partial charge in [-0.25, -0.2) is 15.0 Å². The molecule has 2 atom stereocenters. The minimum Gasteiger partial charge on any atom is -0.484 e. The van der Waals surface area contributed by atoms with E-state index >= 15 is 0 Å². The maximum absolute atomic E-state index is 7.10. The Labute approximate surface area is 360 Å². The lowest BCUT2D eigenvalue weighted by Crippen LogP contribution is -2.13. The van der Waals surface area contributed by atoms with Crippen LogP contribution in [0.3, 0.4) is 0 Å². The van der Waals surface area contributed by atoms with E-state index in [0.717, 1.165) is 50.4 Å². The zero-order valence-electron chi connectivity index (χ0n) is 33.6. The van der Waals surface area contributed by atoms with Crippen molar-refractivity contribution in [2.45, 2.75) is 12.0 Å². The van der Waals surface area contributed by atoms with Crippen LogP contribution in [0.2, 0.25) is 0 Å². The van der Waals surface area contributed by atoms with Gasteiger partial charge in [0, 0.05) is 50.4 Å². The van der Waals surface area contributed by atoms with Crippen LogP contribution in [0.25, 0.3) is 90.2 Å². The van der Waals surface area contributed by atoms with Crippen molar-refractivity contribution in [3.63, 3.8) is 0 Å². The van der Waals surface area contributed by atoms with Crippen LogP contribution < -0.4 is 4.74 Å². The van der Waals surface area contributed by atoms with Crippen LogP contribution in [0.5, 0.6) is 5.75 Å². The fraction of sp³-hybridized carbons (Fsp3) is 0.0351. The van der Waals surface area contributed by atoms with Crippen LogP contribution in [0.4, 0.5) is 0 Å². The molecule has 2 unspecified atom stereocenters. The molecule has 2 aromatic heterocycles. The van der Waals surface area contributed by atoms with Crippen molar-refractivity contribution in [2.75, 3.05) is 0 Å². The molecule has 1 aliphatic heterocycles. The van der Waals surface area contributed by atoms with Crippen LogP contribution >= 0.6 is 0 Å². The standard InChI is InChI=1S/C57H38N4O/c1-4-13-37(14-5-1)39-23-29-42(30-24-39)55-58-56(43-31-25-40(26-32-43)38-15-6-2-7-16-38)60-57(59-55)44-33-27-41(28-34-44)46-20-12-21-47-48-35-36-51-52(54(48)62-53(46)47)49-19-10-11-22-50(49)61(51)45-17-8-3-9-18-45/h1-36,48,54H. The Morgan fingerprint density at radius 2 is 0.871 bits per heavy atom. The van der Waals surface area contributed by atoms with E-state index in [0.29, 0.717) is 17.5 Å². The van der Waals surface area contributed by atoms with Crippen molar-refractivity contribution < 1.29 is 4.74 Å². The lowest BCUT2D eigenvalue weighted by molar-refractivity contribution is 0.225. The fourth-order valence-electron chi connectivity index (χ4n) is 9.23. The summed E-state index contributed by atoms with van der Waals surface area (Å²) in [6.07, 6.45) is 4.48. The largest absolute Gasteiger partial charge is 0.484 e. The van der Waals surface area contributed by atoms with E-state index in [2.05, 4.69) is 211 Å². The van der Waals surface area contributed by atoms with Gasteiger partial charge in [-0.1, -0.05) is 194 Å². The number of fused-ring (bicyclic) bond motifs is 7. The first-order chi connectivity index (χ1) is 30.7. The fourth-order valence-corrected chi connectivity index (χ4v) is 9.23. The van der Waals surface area contributed by atoms with E-state index < -0.39 is 0 Å². The van der Waals surface area contributed by atoms with Crippen LogP contribution in [-0.2, 0) is 0 Å². The quantitative estimate of drug-likeness (QED) is 0.161. The number of para-hydroxylation sites is 3. The molecular weight excluding hydrogens is 757 g/mol. The normalized spacial score (nSPS) is 14.8. The topological polar surface area (TPSA) is 52.8 Å². The molecule has 10 aromatic rings. The number of benzene rings is 8. The predicted molar refractivity (Wildman–Crippen MR) is 251 cm³/mol. The van der Waals surface area contributed by atoms with E-state index in [1.165, 1.54) is 38.9 Å². The molecule has 5 nitrogen and oxygen atoms in total. The summed E-state index contributed by atoms with van der Waals surface area (Å²) in [6, 6.07) is 72.1. The summed E-state index contributed by atoms with van der Waals surface area (Å²) in [5.74, 6) is 2.91. The number of aromatic nitrogens is 4. The SMILES string of the molecule is C1=CC2c3cccc(-c4ccc(-c5nc(-c6ccc(-c7ccccc7)cc6)nc(-c6ccc(-c7ccccc7)cc6)n5)cc4)c3OC2c2c1n(-c1ccccc1)c1ccccc21. The smallest absolute Gasteiger partial charge is 0.164 e. The van der Waals surface area contributed by atoms with Crippen molar-refractivity contribution in [2.24, 2.45) is 0 Å². The summed E-state index contributed by atoms with van der Waals surface area (Å²) in [6.45, 7) is 0. The van der Waals surface area contributed by atoms with Crippen LogP contribution in [0.15, 0.2) is 212 Å². The van der Waals surface area contributed by atoms with Crippen molar-refractivity contribution >= 4 is 17.0 Å². The van der Waals surface area contributed by atoms with Crippen LogP contribution in [0, 0.1) is 0 Å². The van der Waals surface area contributed by atoms with E-state index in [1.807, 2.05) is 12.1 Å². The van der Waals surface area contributed by atoms with Gasteiger partial charge in [0.25, 0.3) is 0 Å². The van der Waals surface area contributed by atoms with E-state index in [-0.39, 0.29) is 12.0 Å². The molecule has 2 aliphatic rings. The van der Waals surface area contributed by atoms with Crippen molar-refractivity contribution in [3.8, 4) is 79.0 Å². The van der Waals surface area contributed by atoms with Crippen molar-refractivity contribution in [1.82, 2.24) is 19.5 Å². The Hall–Kier alpha value is -8.15. The monoisotopic (exact) mass is 794 g/mol. The maximum atomic E-state index is 7.10.